The molecule has 0 aliphatic carbocycles. The van der Waals surface area contributed by atoms with Crippen molar-refractivity contribution < 1.29 is 4.74 Å². The summed E-state index contributed by atoms with van der Waals surface area (Å²) in [5.74, 6) is 0. The second-order valence-electron chi connectivity index (χ2n) is 3.66. The average molecular weight is 235 g/mol. The van der Waals surface area contributed by atoms with Gasteiger partial charge >= 0.3 is 0 Å². The third-order valence-corrected chi connectivity index (χ3v) is 3.20. The van der Waals surface area contributed by atoms with Crippen LogP contribution >= 0.6 is 15.9 Å². The molecule has 12 heavy (non-hydrogen) atoms. The molecular weight excluding hydrogens is 216 g/mol. The molecule has 0 aliphatic heterocycles. The Kier molecular flexibility index (Phi) is 5.85. The van der Waals surface area contributed by atoms with Crippen LogP contribution in [0.5, 0.6) is 0 Å². The van der Waals surface area contributed by atoms with Crippen LogP contribution in [0.3, 0.4) is 0 Å². The van der Waals surface area contributed by atoms with E-state index in [0.717, 1.165) is 18.4 Å². The number of allylic oxidation sites excluding steroid dienone is 1. The highest BCUT2D eigenvalue weighted by atomic mass is 79.9. The lowest BCUT2D eigenvalue weighted by atomic mass is 9.90. The molecule has 0 aromatic heterocycles. The molecule has 0 radical (unpaired) electrons. The molecule has 0 heterocycles. The van der Waals surface area contributed by atoms with E-state index in [4.69, 9.17) is 4.74 Å². The van der Waals surface area contributed by atoms with Crippen molar-refractivity contribution in [2.24, 2.45) is 5.41 Å². The van der Waals surface area contributed by atoms with Gasteiger partial charge in [-0.1, -0.05) is 28.9 Å². The molecule has 0 aromatic rings. The van der Waals surface area contributed by atoms with Crippen LogP contribution in [0.2, 0.25) is 0 Å². The fourth-order valence-corrected chi connectivity index (χ4v) is 1.26. The standard InChI is InChI=1S/C10H19BrO/c1-5-10(4,8-11)6-7-12-9(2)3/h5,9H,1,6-8H2,2-4H3. The zero-order chi connectivity index (χ0) is 9.61. The van der Waals surface area contributed by atoms with E-state index in [2.05, 4.69) is 43.3 Å². The summed E-state index contributed by atoms with van der Waals surface area (Å²) in [6.45, 7) is 10.9. The Hall–Kier alpha value is 0.180. The van der Waals surface area contributed by atoms with Crippen molar-refractivity contribution in [1.29, 1.82) is 0 Å². The second-order valence-corrected chi connectivity index (χ2v) is 4.22. The molecule has 0 spiro atoms. The maximum Gasteiger partial charge on any atom is 0.0518 e. The fourth-order valence-electron chi connectivity index (χ4n) is 0.751. The van der Waals surface area contributed by atoms with Crippen molar-refractivity contribution in [1.82, 2.24) is 0 Å². The Balaban J connectivity index is 3.66. The highest BCUT2D eigenvalue weighted by Gasteiger charge is 2.17. The molecule has 0 fully saturated rings. The number of hydrogen-bond donors (Lipinski definition) is 0. The molecule has 1 unspecified atom stereocenters. The van der Waals surface area contributed by atoms with Gasteiger partial charge in [0.1, 0.15) is 0 Å². The van der Waals surface area contributed by atoms with Crippen molar-refractivity contribution in [3.05, 3.63) is 12.7 Å². The molecule has 0 aliphatic rings. The topological polar surface area (TPSA) is 9.23 Å². The maximum atomic E-state index is 5.47. The molecule has 2 heteroatoms. The molecule has 0 saturated carbocycles. The molecule has 0 aromatic carbocycles. The number of halogens is 1. The summed E-state index contributed by atoms with van der Waals surface area (Å²) in [6, 6.07) is 0. The van der Waals surface area contributed by atoms with Crippen LogP contribution < -0.4 is 0 Å². The minimum absolute atomic E-state index is 0.175. The Bertz CT molecular complexity index is 134. The molecular formula is C10H19BrO. The Morgan fingerprint density at radius 3 is 2.50 bits per heavy atom. The van der Waals surface area contributed by atoms with Gasteiger partial charge in [-0.3, -0.25) is 0 Å². The van der Waals surface area contributed by atoms with Crippen LogP contribution in [-0.4, -0.2) is 18.0 Å². The molecule has 72 valence electrons. The number of rotatable bonds is 6. The minimum atomic E-state index is 0.175. The largest absolute Gasteiger partial charge is 0.379 e. The van der Waals surface area contributed by atoms with Crippen LogP contribution in [0.1, 0.15) is 27.2 Å². The predicted molar refractivity (Wildman–Crippen MR) is 57.8 cm³/mol. The fraction of sp³-hybridized carbons (Fsp3) is 0.800. The third kappa shape index (κ3) is 4.94. The van der Waals surface area contributed by atoms with E-state index in [-0.39, 0.29) is 5.41 Å². The van der Waals surface area contributed by atoms with E-state index in [1.165, 1.54) is 0 Å². The summed E-state index contributed by atoms with van der Waals surface area (Å²) in [6.07, 6.45) is 3.35. The van der Waals surface area contributed by atoms with Gasteiger partial charge in [-0.15, -0.1) is 6.58 Å². The van der Waals surface area contributed by atoms with Gasteiger partial charge in [0.15, 0.2) is 0 Å². The molecule has 1 atom stereocenters. The second kappa shape index (κ2) is 5.76. The van der Waals surface area contributed by atoms with Gasteiger partial charge in [-0.05, 0) is 25.7 Å². The lowest BCUT2D eigenvalue weighted by Crippen LogP contribution is -2.18. The first-order valence-electron chi connectivity index (χ1n) is 4.35. The summed E-state index contributed by atoms with van der Waals surface area (Å²) in [5, 5.41) is 0.949. The monoisotopic (exact) mass is 234 g/mol. The Morgan fingerprint density at radius 2 is 2.17 bits per heavy atom. The van der Waals surface area contributed by atoms with Crippen molar-refractivity contribution >= 4 is 15.9 Å². The molecule has 0 amide bonds. The van der Waals surface area contributed by atoms with E-state index in [0.29, 0.717) is 6.10 Å². The van der Waals surface area contributed by atoms with Gasteiger partial charge in [-0.2, -0.15) is 0 Å². The zero-order valence-electron chi connectivity index (χ0n) is 8.27. The van der Waals surface area contributed by atoms with Crippen molar-refractivity contribution in [3.63, 3.8) is 0 Å². The lowest BCUT2D eigenvalue weighted by Gasteiger charge is -2.23. The highest BCUT2D eigenvalue weighted by Crippen LogP contribution is 2.25. The van der Waals surface area contributed by atoms with Gasteiger partial charge in [-0.25, -0.2) is 0 Å². The lowest BCUT2D eigenvalue weighted by molar-refractivity contribution is 0.0647. The van der Waals surface area contributed by atoms with E-state index in [1.807, 2.05) is 6.08 Å². The molecule has 0 N–H and O–H groups in total. The van der Waals surface area contributed by atoms with Crippen molar-refractivity contribution in [2.45, 2.75) is 33.3 Å². The molecule has 0 bridgehead atoms. The SMILES string of the molecule is C=CC(C)(CBr)CCOC(C)C. The molecule has 1 nitrogen and oxygen atoms in total. The summed E-state index contributed by atoms with van der Waals surface area (Å²) in [7, 11) is 0. The third-order valence-electron chi connectivity index (χ3n) is 1.92. The van der Waals surface area contributed by atoms with Gasteiger partial charge in [0.2, 0.25) is 0 Å². The van der Waals surface area contributed by atoms with E-state index >= 15 is 0 Å². The van der Waals surface area contributed by atoms with Crippen LogP contribution in [0.25, 0.3) is 0 Å². The minimum Gasteiger partial charge on any atom is -0.379 e. The Morgan fingerprint density at radius 1 is 1.58 bits per heavy atom. The summed E-state index contributed by atoms with van der Waals surface area (Å²) >= 11 is 3.47. The zero-order valence-corrected chi connectivity index (χ0v) is 9.86. The van der Waals surface area contributed by atoms with Crippen LogP contribution in [0.15, 0.2) is 12.7 Å². The van der Waals surface area contributed by atoms with Crippen LogP contribution in [0, 0.1) is 5.41 Å². The number of alkyl halides is 1. The number of hydrogen-bond acceptors (Lipinski definition) is 1. The first-order valence-corrected chi connectivity index (χ1v) is 5.47. The smallest absolute Gasteiger partial charge is 0.0518 e. The maximum absolute atomic E-state index is 5.47. The quantitative estimate of drug-likeness (QED) is 0.506. The summed E-state index contributed by atoms with van der Waals surface area (Å²) in [4.78, 5) is 0. The van der Waals surface area contributed by atoms with Gasteiger partial charge in [0.25, 0.3) is 0 Å². The van der Waals surface area contributed by atoms with E-state index in [1.54, 1.807) is 0 Å². The predicted octanol–water partition coefficient (Wildman–Crippen LogP) is 3.39. The highest BCUT2D eigenvalue weighted by molar-refractivity contribution is 9.09. The molecule has 0 saturated heterocycles. The summed E-state index contributed by atoms with van der Waals surface area (Å²) < 4.78 is 5.47. The van der Waals surface area contributed by atoms with E-state index in [9.17, 15) is 0 Å². The van der Waals surface area contributed by atoms with Crippen molar-refractivity contribution in [2.75, 3.05) is 11.9 Å². The Labute approximate surface area is 84.3 Å². The van der Waals surface area contributed by atoms with Gasteiger partial charge in [0, 0.05) is 11.9 Å². The van der Waals surface area contributed by atoms with E-state index < -0.39 is 0 Å². The van der Waals surface area contributed by atoms with Crippen molar-refractivity contribution in [3.8, 4) is 0 Å². The molecule has 0 rings (SSSR count). The normalized spacial score (nSPS) is 16.1. The van der Waals surface area contributed by atoms with Gasteiger partial charge < -0.3 is 4.74 Å². The average Bonchev–Trinajstić information content (AvgIpc) is 2.03. The van der Waals surface area contributed by atoms with Crippen LogP contribution in [-0.2, 0) is 4.74 Å². The summed E-state index contributed by atoms with van der Waals surface area (Å²) in [5.41, 5.74) is 0.175. The first-order chi connectivity index (χ1) is 5.54. The number of ether oxygens (including phenoxy) is 1. The van der Waals surface area contributed by atoms with Gasteiger partial charge in [0.05, 0.1) is 6.10 Å². The first kappa shape index (κ1) is 12.2. The van der Waals surface area contributed by atoms with Crippen LogP contribution in [0.4, 0.5) is 0 Å².